The molecule has 0 amide bonds. The number of aryl methyl sites for hydroxylation is 1. The second-order valence-corrected chi connectivity index (χ2v) is 7.09. The van der Waals surface area contributed by atoms with Crippen LogP contribution >= 0.6 is 15.9 Å². The van der Waals surface area contributed by atoms with Gasteiger partial charge < -0.3 is 5.32 Å². The van der Waals surface area contributed by atoms with E-state index in [9.17, 15) is 0 Å². The van der Waals surface area contributed by atoms with Crippen LogP contribution in [0.3, 0.4) is 0 Å². The smallest absolute Gasteiger partial charge is 0.227 e. The third kappa shape index (κ3) is 3.81. The van der Waals surface area contributed by atoms with Gasteiger partial charge in [0.25, 0.3) is 0 Å². The maximum Gasteiger partial charge on any atom is 0.227 e. The lowest BCUT2D eigenvalue weighted by atomic mass is 10.0. The molecular weight excluding hydrogens is 404 g/mol. The molecule has 2 heterocycles. The molecule has 0 bridgehead atoms. The zero-order chi connectivity index (χ0) is 18.8. The van der Waals surface area contributed by atoms with E-state index in [2.05, 4.69) is 42.4 Å². The largest absolute Gasteiger partial charge is 0.324 e. The molecule has 0 saturated carbocycles. The van der Waals surface area contributed by atoms with Crippen molar-refractivity contribution >= 4 is 38.5 Å². The molecule has 2 aromatic carbocycles. The van der Waals surface area contributed by atoms with Crippen LogP contribution in [0.1, 0.15) is 5.56 Å². The van der Waals surface area contributed by atoms with Gasteiger partial charge in [-0.2, -0.15) is 10.4 Å². The summed E-state index contributed by atoms with van der Waals surface area (Å²) in [6, 6.07) is 14.0. The van der Waals surface area contributed by atoms with Crippen molar-refractivity contribution in [2.75, 3.05) is 5.32 Å². The van der Waals surface area contributed by atoms with Crippen molar-refractivity contribution in [1.29, 1.82) is 5.26 Å². The van der Waals surface area contributed by atoms with Gasteiger partial charge in [0, 0.05) is 40.6 Å². The molecular formula is C20H15BrN6. The predicted octanol–water partition coefficient (Wildman–Crippen LogP) is 4.60. The topological polar surface area (TPSA) is 79.4 Å². The summed E-state index contributed by atoms with van der Waals surface area (Å²) in [5, 5.41) is 17.5. The average Bonchev–Trinajstić information content (AvgIpc) is 3.08. The third-order valence-electron chi connectivity index (χ3n) is 4.11. The fraction of sp³-hybridized carbons (Fsp3) is 0.100. The standard InChI is InChI=1S/C20H15BrN6/c1-27-12-16(11-24-27)14-6-13(4-5-22)7-18(9-14)25-20-23-10-15-8-17(21)2-3-19(15)26-20/h2-3,6-12H,4H2,1H3,(H,23,25,26). The highest BCUT2D eigenvalue weighted by atomic mass is 79.9. The lowest BCUT2D eigenvalue weighted by Crippen LogP contribution is -1.98. The molecule has 0 aliphatic carbocycles. The molecule has 0 unspecified atom stereocenters. The minimum Gasteiger partial charge on any atom is -0.324 e. The lowest BCUT2D eigenvalue weighted by Gasteiger charge is -2.10. The zero-order valence-electron chi connectivity index (χ0n) is 14.5. The van der Waals surface area contributed by atoms with E-state index in [1.54, 1.807) is 17.1 Å². The van der Waals surface area contributed by atoms with Crippen molar-refractivity contribution < 1.29 is 0 Å². The van der Waals surface area contributed by atoms with Gasteiger partial charge in [0.2, 0.25) is 5.95 Å². The van der Waals surface area contributed by atoms with Gasteiger partial charge in [0.05, 0.1) is 24.2 Å². The normalized spacial score (nSPS) is 10.7. The summed E-state index contributed by atoms with van der Waals surface area (Å²) < 4.78 is 2.74. The van der Waals surface area contributed by atoms with Crippen molar-refractivity contribution in [3.05, 3.63) is 65.0 Å². The zero-order valence-corrected chi connectivity index (χ0v) is 16.1. The van der Waals surface area contributed by atoms with Crippen molar-refractivity contribution in [3.8, 4) is 17.2 Å². The van der Waals surface area contributed by atoms with Crippen molar-refractivity contribution in [2.45, 2.75) is 6.42 Å². The summed E-state index contributed by atoms with van der Waals surface area (Å²) in [7, 11) is 1.88. The highest BCUT2D eigenvalue weighted by Crippen LogP contribution is 2.27. The van der Waals surface area contributed by atoms with Crippen molar-refractivity contribution in [3.63, 3.8) is 0 Å². The fourth-order valence-corrected chi connectivity index (χ4v) is 3.27. The summed E-state index contributed by atoms with van der Waals surface area (Å²) in [5.41, 5.74) is 4.59. The third-order valence-corrected chi connectivity index (χ3v) is 4.61. The van der Waals surface area contributed by atoms with E-state index in [0.29, 0.717) is 12.4 Å². The van der Waals surface area contributed by atoms with Crippen LogP contribution in [-0.2, 0) is 13.5 Å². The fourth-order valence-electron chi connectivity index (χ4n) is 2.89. The minimum absolute atomic E-state index is 0.329. The van der Waals surface area contributed by atoms with Gasteiger partial charge in [-0.05, 0) is 47.5 Å². The van der Waals surface area contributed by atoms with Crippen molar-refractivity contribution in [2.24, 2.45) is 7.05 Å². The van der Waals surface area contributed by atoms with Crippen LogP contribution in [0.4, 0.5) is 11.6 Å². The number of aromatic nitrogens is 4. The molecule has 0 aliphatic rings. The highest BCUT2D eigenvalue weighted by molar-refractivity contribution is 9.10. The molecule has 4 aromatic rings. The van der Waals surface area contributed by atoms with Crippen LogP contribution in [0.5, 0.6) is 0 Å². The molecule has 2 aromatic heterocycles. The van der Waals surface area contributed by atoms with E-state index in [4.69, 9.17) is 5.26 Å². The number of anilines is 2. The lowest BCUT2D eigenvalue weighted by molar-refractivity contribution is 0.768. The Morgan fingerprint density at radius 3 is 2.81 bits per heavy atom. The molecule has 0 saturated heterocycles. The van der Waals surface area contributed by atoms with Gasteiger partial charge in [-0.25, -0.2) is 9.97 Å². The summed E-state index contributed by atoms with van der Waals surface area (Å²) in [6.45, 7) is 0. The molecule has 0 spiro atoms. The number of halogens is 1. The second kappa shape index (κ2) is 7.17. The molecule has 0 radical (unpaired) electrons. The summed E-state index contributed by atoms with van der Waals surface area (Å²) in [4.78, 5) is 8.97. The molecule has 4 rings (SSSR count). The molecule has 1 N–H and O–H groups in total. The molecule has 6 nitrogen and oxygen atoms in total. The second-order valence-electron chi connectivity index (χ2n) is 6.18. The van der Waals surface area contributed by atoms with E-state index in [1.165, 1.54) is 0 Å². The Morgan fingerprint density at radius 1 is 1.15 bits per heavy atom. The van der Waals surface area contributed by atoms with E-state index >= 15 is 0 Å². The van der Waals surface area contributed by atoms with Crippen LogP contribution in [0.2, 0.25) is 0 Å². The first-order valence-electron chi connectivity index (χ1n) is 8.30. The van der Waals surface area contributed by atoms with E-state index in [-0.39, 0.29) is 0 Å². The predicted molar refractivity (Wildman–Crippen MR) is 108 cm³/mol. The number of rotatable bonds is 4. The Morgan fingerprint density at radius 2 is 2.04 bits per heavy atom. The summed E-state index contributed by atoms with van der Waals surface area (Å²) in [6.07, 6.45) is 5.87. The summed E-state index contributed by atoms with van der Waals surface area (Å²) >= 11 is 3.45. The molecule has 27 heavy (non-hydrogen) atoms. The Hall–Kier alpha value is -3.24. The minimum atomic E-state index is 0.329. The first-order chi connectivity index (χ1) is 13.1. The molecule has 0 atom stereocenters. The SMILES string of the molecule is Cn1cc(-c2cc(CC#N)cc(Nc3ncc4cc(Br)ccc4n3)c2)cn1. The van der Waals surface area contributed by atoms with Crippen LogP contribution in [0, 0.1) is 11.3 Å². The number of hydrogen-bond donors (Lipinski definition) is 1. The number of fused-ring (bicyclic) bond motifs is 1. The van der Waals surface area contributed by atoms with Crippen molar-refractivity contribution in [1.82, 2.24) is 19.7 Å². The molecule has 132 valence electrons. The Bertz CT molecular complexity index is 1170. The first kappa shape index (κ1) is 17.2. The Labute approximate surface area is 164 Å². The summed E-state index contributed by atoms with van der Waals surface area (Å²) in [5.74, 6) is 0.510. The molecule has 0 fully saturated rings. The molecule has 7 heteroatoms. The maximum atomic E-state index is 9.09. The van der Waals surface area contributed by atoms with Gasteiger partial charge in [-0.1, -0.05) is 15.9 Å². The Kier molecular flexibility index (Phi) is 4.57. The van der Waals surface area contributed by atoms with E-state index in [1.807, 2.05) is 49.6 Å². The molecule has 0 aliphatic heterocycles. The van der Waals surface area contributed by atoms with Crippen LogP contribution < -0.4 is 5.32 Å². The average molecular weight is 419 g/mol. The number of nitriles is 1. The van der Waals surface area contributed by atoms with E-state index in [0.717, 1.165) is 37.8 Å². The quantitative estimate of drug-likeness (QED) is 0.523. The number of benzene rings is 2. The van der Waals surface area contributed by atoms with Gasteiger partial charge in [0.15, 0.2) is 0 Å². The van der Waals surface area contributed by atoms with Gasteiger partial charge in [-0.15, -0.1) is 0 Å². The Balaban J connectivity index is 1.71. The number of hydrogen-bond acceptors (Lipinski definition) is 5. The van der Waals surface area contributed by atoms with Gasteiger partial charge in [-0.3, -0.25) is 4.68 Å². The monoisotopic (exact) mass is 418 g/mol. The van der Waals surface area contributed by atoms with Crippen LogP contribution in [0.15, 0.2) is 59.5 Å². The maximum absolute atomic E-state index is 9.09. The van der Waals surface area contributed by atoms with Gasteiger partial charge >= 0.3 is 0 Å². The highest BCUT2D eigenvalue weighted by Gasteiger charge is 2.08. The number of nitrogens with zero attached hydrogens (tertiary/aromatic N) is 5. The van der Waals surface area contributed by atoms with Gasteiger partial charge in [0.1, 0.15) is 0 Å². The first-order valence-corrected chi connectivity index (χ1v) is 9.09. The van der Waals surface area contributed by atoms with E-state index < -0.39 is 0 Å². The number of nitrogens with one attached hydrogen (secondary N) is 1. The van der Waals surface area contributed by atoms with Crippen LogP contribution in [0.25, 0.3) is 22.0 Å². The van der Waals surface area contributed by atoms with Crippen LogP contribution in [-0.4, -0.2) is 19.7 Å².